The summed E-state index contributed by atoms with van der Waals surface area (Å²) >= 11 is 2.31. The van der Waals surface area contributed by atoms with Gasteiger partial charge in [0.05, 0.1) is 0 Å². The van der Waals surface area contributed by atoms with Crippen molar-refractivity contribution in [2.45, 2.75) is 11.4 Å². The Bertz CT molecular complexity index is 781. The van der Waals surface area contributed by atoms with Gasteiger partial charge in [0.1, 0.15) is 22.6 Å². The Labute approximate surface area is 150 Å². The van der Waals surface area contributed by atoms with Crippen LogP contribution in [0.25, 0.3) is 0 Å². The van der Waals surface area contributed by atoms with Crippen LogP contribution >= 0.6 is 23.1 Å². The van der Waals surface area contributed by atoms with Gasteiger partial charge < -0.3 is 15.7 Å². The van der Waals surface area contributed by atoms with Crippen molar-refractivity contribution in [1.29, 1.82) is 0 Å². The summed E-state index contributed by atoms with van der Waals surface area (Å²) in [7, 11) is 0. The van der Waals surface area contributed by atoms with Crippen molar-refractivity contribution < 1.29 is 24.3 Å². The topological polar surface area (TPSA) is 134 Å². The maximum Gasteiger partial charge on any atom is 0.316 e. The minimum atomic E-state index is -1.23. The molecule has 2 saturated heterocycles. The van der Waals surface area contributed by atoms with Crippen LogP contribution in [0, 0.1) is 5.41 Å². The molecule has 0 bridgehead atoms. The van der Waals surface area contributed by atoms with E-state index in [1.54, 1.807) is 0 Å². The smallest absolute Gasteiger partial charge is 0.316 e. The molecule has 2 aliphatic rings. The van der Waals surface area contributed by atoms with E-state index in [0.717, 1.165) is 16.2 Å². The number of nitrogens with two attached hydrogens (primary N) is 1. The molecule has 1 aromatic rings. The Kier molecular flexibility index (Phi) is 4.29. The molecule has 2 aliphatic heterocycles. The minimum absolute atomic E-state index is 0.0266. The number of anilines is 2. The van der Waals surface area contributed by atoms with Crippen molar-refractivity contribution in [3.8, 4) is 0 Å². The van der Waals surface area contributed by atoms with Crippen LogP contribution in [0.1, 0.15) is 0 Å². The van der Waals surface area contributed by atoms with Crippen molar-refractivity contribution in [3.05, 3.63) is 18.0 Å². The summed E-state index contributed by atoms with van der Waals surface area (Å²) in [6.07, 6.45) is 1.44. The summed E-state index contributed by atoms with van der Waals surface area (Å²) in [5.41, 5.74) is 4.35. The van der Waals surface area contributed by atoms with Gasteiger partial charge in [0.15, 0.2) is 5.13 Å². The molecule has 3 heterocycles. The number of thiazole rings is 1. The lowest BCUT2D eigenvalue weighted by Crippen LogP contribution is -2.74. The van der Waals surface area contributed by atoms with Crippen LogP contribution in [0.2, 0.25) is 0 Å². The van der Waals surface area contributed by atoms with Crippen molar-refractivity contribution in [2.75, 3.05) is 22.9 Å². The minimum Gasteiger partial charge on any atom is -0.481 e. The van der Waals surface area contributed by atoms with E-state index < -0.39 is 34.6 Å². The Morgan fingerprint density at radius 3 is 2.80 bits per heavy atom. The summed E-state index contributed by atoms with van der Waals surface area (Å²) in [6, 6.07) is -0.916. The molecule has 2 fully saturated rings. The first-order valence-electron chi connectivity index (χ1n) is 7.13. The van der Waals surface area contributed by atoms with Gasteiger partial charge in [0.25, 0.3) is 5.91 Å². The second kappa shape index (κ2) is 6.15. The Hall–Kier alpha value is -2.40. The number of thioether (sulfide) groups is 1. The van der Waals surface area contributed by atoms with Gasteiger partial charge in [-0.15, -0.1) is 29.7 Å². The SMILES string of the molecule is C=CC1(C(=O)O)CS[C@@H]2C(N(C(=O)C=O)c3csc(N)n3)C(=O)N2C1. The van der Waals surface area contributed by atoms with E-state index >= 15 is 0 Å². The molecule has 3 atom stereocenters. The fraction of sp³-hybridized carbons (Fsp3) is 0.357. The van der Waals surface area contributed by atoms with Crippen LogP contribution in [-0.2, 0) is 19.2 Å². The zero-order valence-electron chi connectivity index (χ0n) is 12.8. The normalized spacial score (nSPS) is 27.8. The number of amides is 2. The monoisotopic (exact) mass is 382 g/mol. The number of rotatable bonds is 5. The average molecular weight is 382 g/mol. The summed E-state index contributed by atoms with van der Waals surface area (Å²) in [5.74, 6) is -2.05. The first-order chi connectivity index (χ1) is 11.8. The second-order valence-electron chi connectivity index (χ2n) is 5.65. The van der Waals surface area contributed by atoms with Crippen LogP contribution in [0.3, 0.4) is 0 Å². The highest BCUT2D eigenvalue weighted by Gasteiger charge is 2.59. The summed E-state index contributed by atoms with van der Waals surface area (Å²) in [4.78, 5) is 53.6. The zero-order valence-corrected chi connectivity index (χ0v) is 14.5. The first kappa shape index (κ1) is 17.4. The van der Waals surface area contributed by atoms with Crippen molar-refractivity contribution in [1.82, 2.24) is 9.88 Å². The largest absolute Gasteiger partial charge is 0.481 e. The number of aromatic nitrogens is 1. The Morgan fingerprint density at radius 2 is 2.28 bits per heavy atom. The fourth-order valence-electron chi connectivity index (χ4n) is 2.86. The van der Waals surface area contributed by atoms with E-state index in [1.165, 1.54) is 28.1 Å². The highest BCUT2D eigenvalue weighted by atomic mass is 32.2. The molecule has 2 unspecified atom stereocenters. The van der Waals surface area contributed by atoms with E-state index in [2.05, 4.69) is 11.6 Å². The molecule has 3 rings (SSSR count). The Balaban J connectivity index is 1.88. The molecule has 0 radical (unpaired) electrons. The van der Waals surface area contributed by atoms with E-state index in [1.807, 2.05) is 0 Å². The molecule has 25 heavy (non-hydrogen) atoms. The molecule has 0 spiro atoms. The van der Waals surface area contributed by atoms with Crippen LogP contribution in [0.4, 0.5) is 10.9 Å². The van der Waals surface area contributed by atoms with Gasteiger partial charge in [0, 0.05) is 17.7 Å². The van der Waals surface area contributed by atoms with E-state index in [9.17, 15) is 24.3 Å². The van der Waals surface area contributed by atoms with Crippen LogP contribution in [-0.4, -0.2) is 62.8 Å². The maximum absolute atomic E-state index is 12.6. The number of fused-ring (bicyclic) bond motifs is 1. The standard InChI is InChI=1S/C14H14N4O5S2/c1-2-14(12(22)23)5-17-10(21)9(11(17)25-6-14)18(8(20)3-19)7-4-24-13(15)16-7/h2-4,9,11H,1,5-6H2,(H2,15,16)(H,22,23)/t9?,11-,14?/m1/s1. The fourth-order valence-corrected chi connectivity index (χ4v) is 4.97. The molecular weight excluding hydrogens is 368 g/mol. The lowest BCUT2D eigenvalue weighted by atomic mass is 9.87. The number of carbonyl (C=O) groups excluding carboxylic acids is 3. The molecule has 0 aliphatic carbocycles. The number of nitrogen functional groups attached to an aromatic ring is 1. The first-order valence-corrected chi connectivity index (χ1v) is 9.06. The maximum atomic E-state index is 12.6. The number of carboxylic acids is 1. The molecule has 132 valence electrons. The predicted molar refractivity (Wildman–Crippen MR) is 92.1 cm³/mol. The number of carbonyl (C=O) groups is 4. The zero-order chi connectivity index (χ0) is 18.4. The van der Waals surface area contributed by atoms with Gasteiger partial charge in [-0.2, -0.15) is 0 Å². The highest BCUT2D eigenvalue weighted by Crippen LogP contribution is 2.45. The third kappa shape index (κ3) is 2.59. The third-order valence-corrected chi connectivity index (χ3v) is 6.46. The number of aldehydes is 1. The number of carboxylic acid groups (broad SMARTS) is 1. The molecular formula is C14H14N4O5S2. The number of β-lactam (4-membered cyclic amide) rings is 1. The number of aliphatic carboxylic acids is 1. The van der Waals surface area contributed by atoms with Crippen molar-refractivity contribution in [3.63, 3.8) is 0 Å². The number of hydrogen-bond donors (Lipinski definition) is 2. The molecule has 0 aromatic carbocycles. The summed E-state index contributed by atoms with van der Waals surface area (Å²) < 4.78 is 0. The number of hydrogen-bond acceptors (Lipinski definition) is 8. The average Bonchev–Trinajstić information content (AvgIpc) is 3.03. The van der Waals surface area contributed by atoms with Gasteiger partial charge in [-0.3, -0.25) is 24.1 Å². The molecule has 1 aromatic heterocycles. The van der Waals surface area contributed by atoms with Crippen molar-refractivity contribution in [2.24, 2.45) is 5.41 Å². The van der Waals surface area contributed by atoms with Gasteiger partial charge in [-0.1, -0.05) is 6.08 Å². The molecule has 11 heteroatoms. The molecule has 0 saturated carbocycles. The lowest BCUT2D eigenvalue weighted by Gasteiger charge is -2.55. The highest BCUT2D eigenvalue weighted by molar-refractivity contribution is 8.00. The van der Waals surface area contributed by atoms with Gasteiger partial charge in [-0.05, 0) is 0 Å². The number of nitrogens with zero attached hydrogens (tertiary/aromatic N) is 3. The van der Waals surface area contributed by atoms with E-state index in [0.29, 0.717) is 0 Å². The molecule has 3 N–H and O–H groups in total. The van der Waals surface area contributed by atoms with Gasteiger partial charge in [0.2, 0.25) is 12.2 Å². The Morgan fingerprint density at radius 1 is 1.56 bits per heavy atom. The predicted octanol–water partition coefficient (Wildman–Crippen LogP) is -0.202. The van der Waals surface area contributed by atoms with Gasteiger partial charge >= 0.3 is 5.97 Å². The van der Waals surface area contributed by atoms with Gasteiger partial charge in [-0.25, -0.2) is 4.98 Å². The quantitative estimate of drug-likeness (QED) is 0.309. The summed E-state index contributed by atoms with van der Waals surface area (Å²) in [6.45, 7) is 3.54. The third-order valence-electron chi connectivity index (χ3n) is 4.27. The molecule has 2 amide bonds. The van der Waals surface area contributed by atoms with E-state index in [-0.39, 0.29) is 29.5 Å². The van der Waals surface area contributed by atoms with Crippen LogP contribution < -0.4 is 10.6 Å². The van der Waals surface area contributed by atoms with Crippen LogP contribution in [0.15, 0.2) is 18.0 Å². The second-order valence-corrected chi connectivity index (χ2v) is 7.64. The lowest BCUT2D eigenvalue weighted by molar-refractivity contribution is -0.154. The van der Waals surface area contributed by atoms with Crippen LogP contribution in [0.5, 0.6) is 0 Å². The summed E-state index contributed by atoms with van der Waals surface area (Å²) in [5, 5.41) is 10.7. The van der Waals surface area contributed by atoms with E-state index in [4.69, 9.17) is 5.73 Å². The molecule has 9 nitrogen and oxygen atoms in total. The van der Waals surface area contributed by atoms with Crippen molar-refractivity contribution >= 4 is 58.1 Å².